The lowest BCUT2D eigenvalue weighted by Gasteiger charge is -2.15. The molecule has 6 heteroatoms. The second kappa shape index (κ2) is 5.05. The van der Waals surface area contributed by atoms with Crippen LogP contribution in [0.5, 0.6) is 11.5 Å². The number of carbonyl (C=O) groups is 1. The van der Waals surface area contributed by atoms with Crippen molar-refractivity contribution in [3.05, 3.63) is 22.7 Å². The minimum Gasteiger partial charge on any atom is -0.493 e. The van der Waals surface area contributed by atoms with E-state index in [-0.39, 0.29) is 11.3 Å². The van der Waals surface area contributed by atoms with Crippen LogP contribution in [0.4, 0.5) is 0 Å². The molecule has 0 aliphatic carbocycles. The summed E-state index contributed by atoms with van der Waals surface area (Å²) in [6, 6.07) is 1.77. The van der Waals surface area contributed by atoms with Gasteiger partial charge in [-0.25, -0.2) is 0 Å². The number of hydrogen-bond acceptors (Lipinski definition) is 4. The van der Waals surface area contributed by atoms with Crippen LogP contribution in [0.1, 0.15) is 11.6 Å². The van der Waals surface area contributed by atoms with Crippen LogP contribution in [0, 0.1) is 0 Å². The molecule has 0 spiro atoms. The number of methoxy groups -OCH3 is 2. The van der Waals surface area contributed by atoms with Crippen LogP contribution in [0.2, 0.25) is 5.02 Å². The van der Waals surface area contributed by atoms with Crippen LogP contribution in [0.15, 0.2) is 12.1 Å². The van der Waals surface area contributed by atoms with E-state index in [4.69, 9.17) is 31.9 Å². The van der Waals surface area contributed by atoms with E-state index in [0.29, 0.717) is 10.8 Å². The van der Waals surface area contributed by atoms with Gasteiger partial charge in [0.05, 0.1) is 14.2 Å². The van der Waals surface area contributed by atoms with Crippen molar-refractivity contribution in [1.29, 1.82) is 0 Å². The Morgan fingerprint density at radius 1 is 1.44 bits per heavy atom. The fourth-order valence-corrected chi connectivity index (χ4v) is 1.54. The van der Waals surface area contributed by atoms with Gasteiger partial charge in [0, 0.05) is 16.7 Å². The summed E-state index contributed by atoms with van der Waals surface area (Å²) in [5, 5.41) is 9.18. The van der Waals surface area contributed by atoms with Gasteiger partial charge in [-0.2, -0.15) is 0 Å². The number of aliphatic carboxylic acids is 1. The number of ether oxygens (including phenoxy) is 2. The van der Waals surface area contributed by atoms with Crippen molar-refractivity contribution in [1.82, 2.24) is 0 Å². The number of halogens is 1. The van der Waals surface area contributed by atoms with E-state index in [1.807, 2.05) is 0 Å². The van der Waals surface area contributed by atoms with Crippen molar-refractivity contribution < 1.29 is 19.4 Å². The lowest BCUT2D eigenvalue weighted by molar-refractivity contribution is -0.138. The van der Waals surface area contributed by atoms with Gasteiger partial charge in [0.1, 0.15) is 6.04 Å². The molecule has 0 saturated heterocycles. The Morgan fingerprint density at radius 3 is 2.50 bits per heavy atom. The van der Waals surface area contributed by atoms with Gasteiger partial charge >= 0.3 is 5.97 Å². The summed E-state index contributed by atoms with van der Waals surface area (Å²) in [5.74, 6) is -0.536. The molecule has 88 valence electrons. The maximum Gasteiger partial charge on any atom is 0.325 e. The van der Waals surface area contributed by atoms with Crippen LogP contribution in [0.25, 0.3) is 0 Å². The summed E-state index contributed by atoms with van der Waals surface area (Å²) >= 11 is 5.82. The van der Waals surface area contributed by atoms with Crippen molar-refractivity contribution in [2.24, 2.45) is 5.73 Å². The van der Waals surface area contributed by atoms with Crippen LogP contribution < -0.4 is 15.2 Å². The molecule has 0 unspecified atom stereocenters. The molecular weight excluding hydrogens is 234 g/mol. The minimum absolute atomic E-state index is 0.277. The lowest BCUT2D eigenvalue weighted by Crippen LogP contribution is -2.21. The molecule has 1 atom stereocenters. The summed E-state index contributed by atoms with van der Waals surface area (Å²) in [6.45, 7) is 0. The molecule has 3 N–H and O–H groups in total. The lowest BCUT2D eigenvalue weighted by atomic mass is 10.1. The smallest absolute Gasteiger partial charge is 0.325 e. The van der Waals surface area contributed by atoms with E-state index < -0.39 is 12.0 Å². The van der Waals surface area contributed by atoms with Crippen LogP contribution in [0.3, 0.4) is 0 Å². The predicted molar refractivity (Wildman–Crippen MR) is 59.1 cm³/mol. The first kappa shape index (κ1) is 12.6. The van der Waals surface area contributed by atoms with Crippen molar-refractivity contribution in [3.63, 3.8) is 0 Å². The average molecular weight is 246 g/mol. The maximum atomic E-state index is 10.8. The Labute approximate surface area is 97.7 Å². The number of nitrogens with two attached hydrogens (primary N) is 1. The summed E-state index contributed by atoms with van der Waals surface area (Å²) in [7, 11) is 2.84. The van der Waals surface area contributed by atoms with Gasteiger partial charge in [-0.1, -0.05) is 11.6 Å². The van der Waals surface area contributed by atoms with E-state index in [0.717, 1.165) is 0 Å². The first-order chi connectivity index (χ1) is 7.51. The van der Waals surface area contributed by atoms with E-state index >= 15 is 0 Å². The molecule has 0 amide bonds. The van der Waals surface area contributed by atoms with Gasteiger partial charge in [0.2, 0.25) is 0 Å². The van der Waals surface area contributed by atoms with Crippen LogP contribution in [-0.2, 0) is 4.79 Å². The number of carboxylic acid groups (broad SMARTS) is 1. The molecular formula is C10H12ClNO4. The Balaban J connectivity index is 3.35. The zero-order chi connectivity index (χ0) is 12.3. The molecule has 0 aliphatic rings. The Bertz CT molecular complexity index is 408. The maximum absolute atomic E-state index is 10.8. The molecule has 0 radical (unpaired) electrons. The number of benzene rings is 1. The van der Waals surface area contributed by atoms with Crippen molar-refractivity contribution in [2.45, 2.75) is 6.04 Å². The Morgan fingerprint density at radius 2 is 2.06 bits per heavy atom. The Kier molecular flexibility index (Phi) is 3.98. The number of hydrogen-bond donors (Lipinski definition) is 2. The zero-order valence-electron chi connectivity index (χ0n) is 8.86. The van der Waals surface area contributed by atoms with Gasteiger partial charge in [-0.15, -0.1) is 0 Å². The molecule has 5 nitrogen and oxygen atoms in total. The average Bonchev–Trinajstić information content (AvgIpc) is 2.26. The Hall–Kier alpha value is -1.46. The van der Waals surface area contributed by atoms with Gasteiger partial charge < -0.3 is 20.3 Å². The van der Waals surface area contributed by atoms with Gasteiger partial charge in [0.25, 0.3) is 0 Å². The third-order valence-electron chi connectivity index (χ3n) is 2.07. The highest BCUT2D eigenvalue weighted by molar-refractivity contribution is 6.30. The first-order valence-electron chi connectivity index (χ1n) is 4.41. The normalized spacial score (nSPS) is 12.0. The monoisotopic (exact) mass is 245 g/mol. The van der Waals surface area contributed by atoms with Crippen molar-refractivity contribution >= 4 is 17.6 Å². The zero-order valence-corrected chi connectivity index (χ0v) is 9.62. The van der Waals surface area contributed by atoms with Gasteiger partial charge in [-0.3, -0.25) is 4.79 Å². The quantitative estimate of drug-likeness (QED) is 0.839. The number of carboxylic acids is 1. The summed E-state index contributed by atoms with van der Waals surface area (Å²) < 4.78 is 10.1. The first-order valence-corrected chi connectivity index (χ1v) is 4.78. The van der Waals surface area contributed by atoms with E-state index in [1.54, 1.807) is 0 Å². The van der Waals surface area contributed by atoms with Crippen molar-refractivity contribution in [2.75, 3.05) is 14.2 Å². The largest absolute Gasteiger partial charge is 0.493 e. The molecule has 16 heavy (non-hydrogen) atoms. The molecule has 0 heterocycles. The molecule has 1 rings (SSSR count). The summed E-state index contributed by atoms with van der Waals surface area (Å²) in [4.78, 5) is 10.8. The van der Waals surface area contributed by atoms with E-state index in [9.17, 15) is 4.79 Å². The van der Waals surface area contributed by atoms with Gasteiger partial charge in [0.15, 0.2) is 11.5 Å². The second-order valence-electron chi connectivity index (χ2n) is 3.05. The fourth-order valence-electron chi connectivity index (χ4n) is 1.32. The van der Waals surface area contributed by atoms with Crippen molar-refractivity contribution in [3.8, 4) is 11.5 Å². The fraction of sp³-hybridized carbons (Fsp3) is 0.300. The predicted octanol–water partition coefficient (Wildman–Crippen LogP) is 1.44. The number of rotatable bonds is 4. The summed E-state index contributed by atoms with van der Waals surface area (Å²) in [6.07, 6.45) is 0. The molecule has 1 aromatic rings. The molecule has 0 aromatic heterocycles. The standard InChI is InChI=1S/C10H12ClNO4/c1-15-7-4-5(11)3-6(9(7)16-2)8(12)10(13)14/h3-4,8H,12H2,1-2H3,(H,13,14)/t8-/m1/s1. The van der Waals surface area contributed by atoms with Gasteiger partial charge in [-0.05, 0) is 6.07 Å². The molecule has 1 aromatic carbocycles. The molecule has 0 aliphatic heterocycles. The highest BCUT2D eigenvalue weighted by atomic mass is 35.5. The molecule has 0 fully saturated rings. The van der Waals surface area contributed by atoms with Crippen LogP contribution >= 0.6 is 11.6 Å². The third kappa shape index (κ3) is 2.37. The highest BCUT2D eigenvalue weighted by Crippen LogP contribution is 2.37. The van der Waals surface area contributed by atoms with Crippen LogP contribution in [-0.4, -0.2) is 25.3 Å². The van der Waals surface area contributed by atoms with E-state index in [1.165, 1.54) is 26.4 Å². The molecule has 0 saturated carbocycles. The van der Waals surface area contributed by atoms with E-state index in [2.05, 4.69) is 0 Å². The summed E-state index contributed by atoms with van der Waals surface area (Å²) in [5.41, 5.74) is 5.79. The topological polar surface area (TPSA) is 81.8 Å². The SMILES string of the molecule is COc1cc(Cl)cc([C@@H](N)C(=O)O)c1OC. The third-order valence-corrected chi connectivity index (χ3v) is 2.29. The highest BCUT2D eigenvalue weighted by Gasteiger charge is 2.22. The minimum atomic E-state index is -1.21. The second-order valence-corrected chi connectivity index (χ2v) is 3.48. The molecule has 0 bridgehead atoms.